The molecule has 3 saturated carbocycles. The number of hydrogen-bond acceptors (Lipinski definition) is 3. The third-order valence-corrected chi connectivity index (χ3v) is 10.2. The van der Waals surface area contributed by atoms with Crippen molar-refractivity contribution in [3.05, 3.63) is 23.8 Å². The van der Waals surface area contributed by atoms with Gasteiger partial charge in [-0.1, -0.05) is 39.3 Å². The molecule has 9 atom stereocenters. The summed E-state index contributed by atoms with van der Waals surface area (Å²) in [6, 6.07) is 0. The second-order valence-electron chi connectivity index (χ2n) is 11.8. The second kappa shape index (κ2) is 7.30. The molecular weight excluding hydrogens is 372 g/mol. The van der Waals surface area contributed by atoms with Crippen molar-refractivity contribution in [3.63, 3.8) is 0 Å². The number of hydrogen-bond donors (Lipinski definition) is 1. The fourth-order valence-corrected chi connectivity index (χ4v) is 8.71. The van der Waals surface area contributed by atoms with Crippen LogP contribution in [-0.4, -0.2) is 23.3 Å². The predicted molar refractivity (Wildman–Crippen MR) is 119 cm³/mol. The first-order valence-corrected chi connectivity index (χ1v) is 12.5. The Morgan fingerprint density at radius 3 is 2.70 bits per heavy atom. The van der Waals surface area contributed by atoms with Crippen molar-refractivity contribution < 1.29 is 14.6 Å². The van der Waals surface area contributed by atoms with Gasteiger partial charge in [-0.3, -0.25) is 4.79 Å². The Morgan fingerprint density at radius 1 is 1.17 bits per heavy atom. The van der Waals surface area contributed by atoms with Crippen molar-refractivity contribution in [3.8, 4) is 0 Å². The number of carbonyl (C=O) groups is 1. The highest BCUT2D eigenvalue weighted by atomic mass is 16.6. The lowest BCUT2D eigenvalue weighted by Gasteiger charge is -2.61. The third kappa shape index (κ3) is 2.87. The van der Waals surface area contributed by atoms with Crippen LogP contribution in [0.3, 0.4) is 0 Å². The van der Waals surface area contributed by atoms with Crippen LogP contribution < -0.4 is 0 Å². The maximum atomic E-state index is 12.0. The van der Waals surface area contributed by atoms with Gasteiger partial charge < -0.3 is 9.84 Å². The molecule has 166 valence electrons. The molecule has 5 rings (SSSR count). The molecule has 1 spiro atoms. The molecule has 0 aromatic carbocycles. The fourth-order valence-electron chi connectivity index (χ4n) is 8.71. The van der Waals surface area contributed by atoms with Gasteiger partial charge in [0.2, 0.25) is 0 Å². The molecule has 1 heterocycles. The normalized spacial score (nSPS) is 49.9. The minimum absolute atomic E-state index is 0.0302. The molecule has 0 aromatic heterocycles. The van der Waals surface area contributed by atoms with Crippen LogP contribution in [-0.2, 0) is 9.53 Å². The summed E-state index contributed by atoms with van der Waals surface area (Å²) in [7, 11) is 0. The number of ketones is 1. The molecule has 4 fully saturated rings. The molecule has 1 unspecified atom stereocenters. The van der Waals surface area contributed by atoms with E-state index in [1.165, 1.54) is 31.3 Å². The summed E-state index contributed by atoms with van der Waals surface area (Å²) < 4.78 is 6.43. The topological polar surface area (TPSA) is 46.5 Å². The van der Waals surface area contributed by atoms with Gasteiger partial charge in [0.15, 0.2) is 12.1 Å². The van der Waals surface area contributed by atoms with E-state index in [1.54, 1.807) is 6.08 Å². The van der Waals surface area contributed by atoms with E-state index >= 15 is 0 Å². The van der Waals surface area contributed by atoms with E-state index < -0.39 is 6.29 Å². The van der Waals surface area contributed by atoms with Crippen LogP contribution in [0, 0.1) is 46.3 Å². The van der Waals surface area contributed by atoms with Crippen molar-refractivity contribution in [2.75, 3.05) is 0 Å². The van der Waals surface area contributed by atoms with Crippen molar-refractivity contribution in [1.29, 1.82) is 0 Å². The van der Waals surface area contributed by atoms with Gasteiger partial charge >= 0.3 is 0 Å². The van der Waals surface area contributed by atoms with Crippen LogP contribution in [0.4, 0.5) is 0 Å². The van der Waals surface area contributed by atoms with Crippen molar-refractivity contribution >= 4 is 5.78 Å². The smallest absolute Gasteiger partial charge is 0.178 e. The predicted octanol–water partition coefficient (Wildman–Crippen LogP) is 5.68. The summed E-state index contributed by atoms with van der Waals surface area (Å²) in [5.41, 5.74) is 1.34. The first-order chi connectivity index (χ1) is 14.3. The van der Waals surface area contributed by atoms with E-state index in [0.717, 1.165) is 25.7 Å². The number of rotatable bonds is 3. The Balaban J connectivity index is 1.42. The molecule has 0 aromatic rings. The van der Waals surface area contributed by atoms with Gasteiger partial charge in [0.05, 0.1) is 6.10 Å². The number of ether oxygens (including phenoxy) is 1. The van der Waals surface area contributed by atoms with Crippen LogP contribution in [0.5, 0.6) is 0 Å². The average molecular weight is 413 g/mol. The van der Waals surface area contributed by atoms with Crippen LogP contribution in [0.2, 0.25) is 0 Å². The lowest BCUT2D eigenvalue weighted by Crippen LogP contribution is -2.60. The highest BCUT2D eigenvalue weighted by molar-refractivity contribution is 6.01. The van der Waals surface area contributed by atoms with Crippen LogP contribution in [0.1, 0.15) is 79.1 Å². The van der Waals surface area contributed by atoms with Crippen LogP contribution in [0.25, 0.3) is 0 Å². The SMILES string of the molecule is CC(C)CC[C@H]1OC(O)[C@]23CC[C@H]4[C@@H](CCC5=CC(=O)C=C[C@@]54C)[C@@H]2CC[C@@H]3[C@@H]1C. The maximum Gasteiger partial charge on any atom is 0.178 e. The second-order valence-corrected chi connectivity index (χ2v) is 11.8. The summed E-state index contributed by atoms with van der Waals surface area (Å²) in [5.74, 6) is 3.77. The zero-order valence-electron chi connectivity index (χ0n) is 19.3. The standard InChI is InChI=1S/C27H40O3/c1-16(2)5-10-24-17(3)21-8-9-23-20-7-6-18-15-19(28)11-13-26(18,4)22(20)12-14-27(21,23)25(29)30-24/h11,13,15-17,20-25,29H,5-10,12,14H2,1-4H3/t17-,20+,21+,22-,23-,24+,25?,26-,27-/m0/s1. The van der Waals surface area contributed by atoms with Crippen LogP contribution in [0.15, 0.2) is 23.8 Å². The molecule has 3 heteroatoms. The lowest BCUT2D eigenvalue weighted by molar-refractivity contribution is -0.295. The number of aliphatic hydroxyl groups is 1. The Kier molecular flexibility index (Phi) is 5.10. The zero-order valence-corrected chi connectivity index (χ0v) is 19.3. The van der Waals surface area contributed by atoms with E-state index in [0.29, 0.717) is 35.5 Å². The molecule has 5 aliphatic rings. The Hall–Kier alpha value is -0.930. The summed E-state index contributed by atoms with van der Waals surface area (Å²) >= 11 is 0. The average Bonchev–Trinajstić information content (AvgIpc) is 3.12. The molecule has 0 bridgehead atoms. The minimum atomic E-state index is -0.600. The maximum absolute atomic E-state index is 12.0. The summed E-state index contributed by atoms with van der Waals surface area (Å²) in [6.07, 6.45) is 14.7. The third-order valence-electron chi connectivity index (χ3n) is 10.2. The summed E-state index contributed by atoms with van der Waals surface area (Å²) in [5, 5.41) is 11.4. The monoisotopic (exact) mass is 412 g/mol. The van der Waals surface area contributed by atoms with Crippen molar-refractivity contribution in [2.45, 2.75) is 91.5 Å². The molecule has 0 amide bonds. The lowest BCUT2D eigenvalue weighted by atomic mass is 9.46. The van der Waals surface area contributed by atoms with E-state index in [2.05, 4.69) is 33.8 Å². The Morgan fingerprint density at radius 2 is 1.93 bits per heavy atom. The highest BCUT2D eigenvalue weighted by Gasteiger charge is 2.66. The van der Waals surface area contributed by atoms with Gasteiger partial charge in [-0.15, -0.1) is 0 Å². The first-order valence-electron chi connectivity index (χ1n) is 12.5. The summed E-state index contributed by atoms with van der Waals surface area (Å²) in [6.45, 7) is 9.31. The summed E-state index contributed by atoms with van der Waals surface area (Å²) in [4.78, 5) is 12.0. The molecular formula is C27H40O3. The molecule has 1 N–H and O–H groups in total. The quantitative estimate of drug-likeness (QED) is 0.649. The molecule has 4 aliphatic carbocycles. The number of aliphatic hydroxyl groups excluding tert-OH is 1. The fraction of sp³-hybridized carbons (Fsp3) is 0.815. The Bertz CT molecular complexity index is 766. The van der Waals surface area contributed by atoms with Crippen molar-refractivity contribution in [1.82, 2.24) is 0 Å². The number of carbonyl (C=O) groups excluding carboxylic acids is 1. The zero-order chi connectivity index (χ0) is 21.3. The molecule has 0 radical (unpaired) electrons. The molecule has 1 aliphatic heterocycles. The minimum Gasteiger partial charge on any atom is -0.367 e. The molecule has 1 saturated heterocycles. The van der Waals surface area contributed by atoms with E-state index in [4.69, 9.17) is 4.74 Å². The first kappa shape index (κ1) is 20.9. The number of allylic oxidation sites excluding steroid dienone is 4. The van der Waals surface area contributed by atoms with Gasteiger partial charge in [0.1, 0.15) is 0 Å². The van der Waals surface area contributed by atoms with Crippen LogP contribution >= 0.6 is 0 Å². The van der Waals surface area contributed by atoms with E-state index in [9.17, 15) is 9.90 Å². The van der Waals surface area contributed by atoms with Gasteiger partial charge in [0.25, 0.3) is 0 Å². The van der Waals surface area contributed by atoms with E-state index in [-0.39, 0.29) is 22.7 Å². The van der Waals surface area contributed by atoms with Crippen molar-refractivity contribution in [2.24, 2.45) is 46.3 Å². The van der Waals surface area contributed by atoms with E-state index in [1.807, 2.05) is 6.08 Å². The van der Waals surface area contributed by atoms with Gasteiger partial charge in [-0.25, -0.2) is 0 Å². The van der Waals surface area contributed by atoms with Gasteiger partial charge in [-0.05, 0) is 99.0 Å². The molecule has 30 heavy (non-hydrogen) atoms. The van der Waals surface area contributed by atoms with Gasteiger partial charge in [0, 0.05) is 10.8 Å². The highest BCUT2D eigenvalue weighted by Crippen LogP contribution is 2.69. The largest absolute Gasteiger partial charge is 0.367 e. The molecule has 3 nitrogen and oxygen atoms in total. The van der Waals surface area contributed by atoms with Gasteiger partial charge in [-0.2, -0.15) is 0 Å². The Labute approximate surface area is 182 Å². The number of fused-ring (bicyclic) bond motifs is 4.